The zero-order chi connectivity index (χ0) is 19.1. The number of nitriles is 1. The van der Waals surface area contributed by atoms with E-state index in [4.69, 9.17) is 43.0 Å². The fraction of sp³-hybridized carbons (Fsp3) is 0.158. The lowest BCUT2D eigenvalue weighted by molar-refractivity contribution is -0.132. The molecule has 0 fully saturated rings. The molecule has 0 aliphatic carbocycles. The quantitative estimate of drug-likeness (QED) is 0.532. The molecular formula is C19H15Cl2NO4. The second kappa shape index (κ2) is 9.14. The average molecular weight is 392 g/mol. The second-order valence-corrected chi connectivity index (χ2v) is 6.00. The van der Waals surface area contributed by atoms with Crippen molar-refractivity contribution < 1.29 is 19.4 Å². The third-order valence-corrected chi connectivity index (χ3v) is 3.78. The summed E-state index contributed by atoms with van der Waals surface area (Å²) in [6.07, 6.45) is 1.22. The SMILES string of the molecule is CCOc1cc(C=C(C#N)C(=O)O)cc(Cl)c1OCc1cccc(Cl)c1. The van der Waals surface area contributed by atoms with Crippen molar-refractivity contribution in [1.29, 1.82) is 5.26 Å². The first-order chi connectivity index (χ1) is 12.4. The van der Waals surface area contributed by atoms with Gasteiger partial charge in [0.05, 0.1) is 11.6 Å². The molecule has 2 rings (SSSR count). The van der Waals surface area contributed by atoms with Crippen molar-refractivity contribution in [3.05, 3.63) is 63.1 Å². The van der Waals surface area contributed by atoms with Crippen LogP contribution in [0.15, 0.2) is 42.0 Å². The van der Waals surface area contributed by atoms with Gasteiger partial charge in [0, 0.05) is 5.02 Å². The Balaban J connectivity index is 2.34. The first-order valence-electron chi connectivity index (χ1n) is 7.63. The van der Waals surface area contributed by atoms with Gasteiger partial charge in [0.25, 0.3) is 0 Å². The third-order valence-electron chi connectivity index (χ3n) is 3.27. The summed E-state index contributed by atoms with van der Waals surface area (Å²) in [6, 6.07) is 11.9. The molecular weight excluding hydrogens is 377 g/mol. The number of rotatable bonds is 7. The van der Waals surface area contributed by atoms with E-state index in [0.717, 1.165) is 5.56 Å². The Morgan fingerprint density at radius 3 is 2.65 bits per heavy atom. The van der Waals surface area contributed by atoms with E-state index in [9.17, 15) is 4.79 Å². The molecule has 2 aromatic carbocycles. The number of carboxylic acids is 1. The van der Waals surface area contributed by atoms with E-state index in [1.54, 1.807) is 31.2 Å². The molecule has 1 N–H and O–H groups in total. The summed E-state index contributed by atoms with van der Waals surface area (Å²) in [6.45, 7) is 2.39. The van der Waals surface area contributed by atoms with Crippen LogP contribution in [-0.2, 0) is 11.4 Å². The van der Waals surface area contributed by atoms with Crippen molar-refractivity contribution in [2.24, 2.45) is 0 Å². The molecule has 5 nitrogen and oxygen atoms in total. The number of benzene rings is 2. The smallest absolute Gasteiger partial charge is 0.346 e. The molecule has 0 saturated heterocycles. The first kappa shape index (κ1) is 19.6. The normalized spacial score (nSPS) is 10.9. The number of carbonyl (C=O) groups is 1. The van der Waals surface area contributed by atoms with Crippen molar-refractivity contribution in [3.63, 3.8) is 0 Å². The van der Waals surface area contributed by atoms with Crippen LogP contribution in [-0.4, -0.2) is 17.7 Å². The van der Waals surface area contributed by atoms with Crippen LogP contribution in [0.3, 0.4) is 0 Å². The lowest BCUT2D eigenvalue weighted by Gasteiger charge is -2.14. The topological polar surface area (TPSA) is 79.5 Å². The van der Waals surface area contributed by atoms with Crippen LogP contribution in [0.5, 0.6) is 11.5 Å². The number of aliphatic carboxylic acids is 1. The minimum absolute atomic E-state index is 0.230. The molecule has 0 aromatic heterocycles. The second-order valence-electron chi connectivity index (χ2n) is 5.16. The van der Waals surface area contributed by atoms with Crippen molar-refractivity contribution in [2.45, 2.75) is 13.5 Å². The highest BCUT2D eigenvalue weighted by Crippen LogP contribution is 2.38. The van der Waals surface area contributed by atoms with Crippen LogP contribution < -0.4 is 9.47 Å². The van der Waals surface area contributed by atoms with Crippen LogP contribution in [0.4, 0.5) is 0 Å². The number of carboxylic acid groups (broad SMARTS) is 1. The minimum atomic E-state index is -1.32. The summed E-state index contributed by atoms with van der Waals surface area (Å²) in [7, 11) is 0. The van der Waals surface area contributed by atoms with Crippen LogP contribution in [0.2, 0.25) is 10.0 Å². The Kier molecular flexibility index (Phi) is 6.90. The summed E-state index contributed by atoms with van der Waals surface area (Å²) in [5, 5.41) is 18.7. The number of halogens is 2. The van der Waals surface area contributed by atoms with Crippen LogP contribution in [0.1, 0.15) is 18.1 Å². The number of hydrogen-bond acceptors (Lipinski definition) is 4. The van der Waals surface area contributed by atoms with E-state index in [1.807, 2.05) is 12.1 Å². The number of nitrogens with zero attached hydrogens (tertiary/aromatic N) is 1. The molecule has 0 spiro atoms. The van der Waals surface area contributed by atoms with Gasteiger partial charge in [0.15, 0.2) is 11.5 Å². The van der Waals surface area contributed by atoms with Gasteiger partial charge in [0.2, 0.25) is 0 Å². The summed E-state index contributed by atoms with van der Waals surface area (Å²) in [4.78, 5) is 11.0. The molecule has 0 heterocycles. The van der Waals surface area contributed by atoms with Crippen LogP contribution in [0.25, 0.3) is 6.08 Å². The zero-order valence-electron chi connectivity index (χ0n) is 13.8. The molecule has 2 aromatic rings. The Morgan fingerprint density at radius 2 is 2.04 bits per heavy atom. The lowest BCUT2D eigenvalue weighted by atomic mass is 10.1. The molecule has 0 bridgehead atoms. The number of hydrogen-bond donors (Lipinski definition) is 1. The third kappa shape index (κ3) is 5.16. The summed E-state index contributed by atoms with van der Waals surface area (Å²) >= 11 is 12.2. The maximum absolute atomic E-state index is 11.0. The molecule has 0 radical (unpaired) electrons. The monoisotopic (exact) mass is 391 g/mol. The minimum Gasteiger partial charge on any atom is -0.490 e. The van der Waals surface area contributed by atoms with Gasteiger partial charge in [-0.15, -0.1) is 0 Å². The molecule has 26 heavy (non-hydrogen) atoms. The van der Waals surface area contributed by atoms with Gasteiger partial charge < -0.3 is 14.6 Å². The molecule has 0 aliphatic heterocycles. The van der Waals surface area contributed by atoms with Gasteiger partial charge in [-0.05, 0) is 48.4 Å². The Morgan fingerprint density at radius 1 is 1.27 bits per heavy atom. The maximum atomic E-state index is 11.0. The van der Waals surface area contributed by atoms with Crippen molar-refractivity contribution in [2.75, 3.05) is 6.61 Å². The highest BCUT2D eigenvalue weighted by Gasteiger charge is 2.14. The van der Waals surface area contributed by atoms with E-state index in [0.29, 0.717) is 28.7 Å². The van der Waals surface area contributed by atoms with E-state index >= 15 is 0 Å². The van der Waals surface area contributed by atoms with Gasteiger partial charge in [-0.1, -0.05) is 35.3 Å². The fourth-order valence-electron chi connectivity index (χ4n) is 2.17. The van der Waals surface area contributed by atoms with Gasteiger partial charge >= 0.3 is 5.97 Å². The predicted molar refractivity (Wildman–Crippen MR) is 99.6 cm³/mol. The van der Waals surface area contributed by atoms with Gasteiger partial charge in [0.1, 0.15) is 18.2 Å². The fourth-order valence-corrected chi connectivity index (χ4v) is 2.65. The van der Waals surface area contributed by atoms with Crippen LogP contribution >= 0.6 is 23.2 Å². The summed E-state index contributed by atoms with van der Waals surface area (Å²) in [5.74, 6) is -0.627. The average Bonchev–Trinajstić information content (AvgIpc) is 2.59. The molecule has 0 saturated carbocycles. The maximum Gasteiger partial charge on any atom is 0.346 e. The lowest BCUT2D eigenvalue weighted by Crippen LogP contribution is -2.01. The molecule has 0 aliphatic rings. The van der Waals surface area contributed by atoms with E-state index in [2.05, 4.69) is 0 Å². The van der Waals surface area contributed by atoms with Crippen molar-refractivity contribution in [1.82, 2.24) is 0 Å². The molecule has 134 valence electrons. The van der Waals surface area contributed by atoms with Gasteiger partial charge in [-0.3, -0.25) is 0 Å². The number of ether oxygens (including phenoxy) is 2. The van der Waals surface area contributed by atoms with Gasteiger partial charge in [-0.2, -0.15) is 5.26 Å². The summed E-state index contributed by atoms with van der Waals surface area (Å²) < 4.78 is 11.3. The molecule has 7 heteroatoms. The van der Waals surface area contributed by atoms with Crippen molar-refractivity contribution >= 4 is 35.2 Å². The van der Waals surface area contributed by atoms with E-state index < -0.39 is 11.5 Å². The largest absolute Gasteiger partial charge is 0.490 e. The first-order valence-corrected chi connectivity index (χ1v) is 8.38. The van der Waals surface area contributed by atoms with E-state index in [-0.39, 0.29) is 11.6 Å². The highest BCUT2D eigenvalue weighted by molar-refractivity contribution is 6.32. The molecule has 0 atom stereocenters. The Bertz CT molecular complexity index is 888. The van der Waals surface area contributed by atoms with Gasteiger partial charge in [-0.25, -0.2) is 4.79 Å². The standard InChI is InChI=1S/C19H15Cl2NO4/c1-2-25-17-9-13(6-14(10-22)19(23)24)8-16(21)18(17)26-11-12-4-3-5-15(20)7-12/h3-9H,2,11H2,1H3,(H,23,24). The molecule has 0 amide bonds. The highest BCUT2D eigenvalue weighted by atomic mass is 35.5. The van der Waals surface area contributed by atoms with E-state index in [1.165, 1.54) is 12.1 Å². The summed E-state index contributed by atoms with van der Waals surface area (Å²) in [5.41, 5.74) is 0.876. The Labute approximate surface area is 161 Å². The predicted octanol–water partition coefficient (Wildman–Crippen LogP) is 4.96. The zero-order valence-corrected chi connectivity index (χ0v) is 15.3. The van der Waals surface area contributed by atoms with Crippen LogP contribution in [0, 0.1) is 11.3 Å². The molecule has 0 unspecified atom stereocenters. The van der Waals surface area contributed by atoms with Crippen molar-refractivity contribution in [3.8, 4) is 17.6 Å². The Hall–Kier alpha value is -2.68.